The number of rotatable bonds is 8. The second-order valence-electron chi connectivity index (χ2n) is 11.5. The Labute approximate surface area is 244 Å². The molecule has 3 aromatic carbocycles. The minimum atomic E-state index is -0.0161. The summed E-state index contributed by atoms with van der Waals surface area (Å²) in [6.45, 7) is 4.85. The molecule has 2 aliphatic heterocycles. The van der Waals surface area contributed by atoms with Gasteiger partial charge in [-0.2, -0.15) is 10.3 Å². The summed E-state index contributed by atoms with van der Waals surface area (Å²) in [4.78, 5) is 25.4. The smallest absolute Gasteiger partial charge is 0.261 e. The largest absolute Gasteiger partial charge is 0.292 e. The Hall–Kier alpha value is -4.21. The first-order valence-electron chi connectivity index (χ1n) is 15.0. The Kier molecular flexibility index (Phi) is 7.13. The Morgan fingerprint density at radius 3 is 2.62 bits per heavy atom. The van der Waals surface area contributed by atoms with Crippen molar-refractivity contribution >= 4 is 10.9 Å². The van der Waals surface area contributed by atoms with Crippen LogP contribution < -0.4 is 5.56 Å². The summed E-state index contributed by atoms with van der Waals surface area (Å²) in [5.74, 6) is 1.39. The van der Waals surface area contributed by atoms with Gasteiger partial charge in [-0.15, -0.1) is 10.2 Å². The number of aryl methyl sites for hydroxylation is 1. The standard InChI is InChI=1S/C33H35N7O2/c1-3-4-9-31-34-29-17-15-24(30-19-25-16-10-21(2)40(25)42-30)18-28(29)33(41)39(31)20-22-11-13-23(14-12-22)26-7-5-6-8-27(26)32-35-37-38-36-32/h5-8,11-15,17-18,21,25,30H,3-4,9-10,16,19-20H2,1-2H3,(H,35,36,37,38)/t21-,25+,30+/m0/s1. The number of H-pyrrole nitrogens is 1. The first kappa shape index (κ1) is 26.7. The predicted molar refractivity (Wildman–Crippen MR) is 162 cm³/mol. The number of nitrogens with zero attached hydrogens (tertiary/aromatic N) is 6. The zero-order chi connectivity index (χ0) is 28.6. The van der Waals surface area contributed by atoms with Crippen molar-refractivity contribution in [2.24, 2.45) is 0 Å². The van der Waals surface area contributed by atoms with Crippen LogP contribution in [-0.2, 0) is 17.8 Å². The molecule has 2 aromatic heterocycles. The maximum absolute atomic E-state index is 14.0. The molecular weight excluding hydrogens is 526 g/mol. The molecule has 1 N–H and O–H groups in total. The van der Waals surface area contributed by atoms with Gasteiger partial charge in [0.05, 0.1) is 17.4 Å². The molecule has 5 aromatic rings. The molecule has 9 heteroatoms. The topological polar surface area (TPSA) is 102 Å². The molecule has 0 amide bonds. The second kappa shape index (κ2) is 11.2. The van der Waals surface area contributed by atoms with Crippen molar-refractivity contribution in [1.29, 1.82) is 0 Å². The first-order chi connectivity index (χ1) is 20.6. The summed E-state index contributed by atoms with van der Waals surface area (Å²) in [6, 6.07) is 23.4. The Bertz CT molecular complexity index is 1760. The zero-order valence-corrected chi connectivity index (χ0v) is 24.0. The predicted octanol–water partition coefficient (Wildman–Crippen LogP) is 5.86. The number of unbranched alkanes of at least 4 members (excludes halogenated alkanes) is 1. The summed E-state index contributed by atoms with van der Waals surface area (Å²) in [5.41, 5.74) is 5.84. The fraction of sp³-hybridized carbons (Fsp3) is 0.364. The van der Waals surface area contributed by atoms with E-state index in [9.17, 15) is 4.79 Å². The van der Waals surface area contributed by atoms with E-state index in [0.29, 0.717) is 29.8 Å². The lowest BCUT2D eigenvalue weighted by Crippen LogP contribution is -2.27. The van der Waals surface area contributed by atoms with E-state index in [1.54, 1.807) is 0 Å². The van der Waals surface area contributed by atoms with Crippen LogP contribution in [0.2, 0.25) is 0 Å². The van der Waals surface area contributed by atoms with Gasteiger partial charge in [-0.05, 0) is 72.2 Å². The molecule has 7 rings (SSSR count). The summed E-state index contributed by atoms with van der Waals surface area (Å²) in [5, 5.41) is 17.4. The number of aromatic amines is 1. The minimum absolute atomic E-state index is 0.00588. The molecule has 0 bridgehead atoms. The maximum Gasteiger partial charge on any atom is 0.261 e. The lowest BCUT2D eigenvalue weighted by atomic mass is 9.98. The molecule has 3 atom stereocenters. The van der Waals surface area contributed by atoms with Gasteiger partial charge in [-0.3, -0.25) is 14.2 Å². The van der Waals surface area contributed by atoms with Gasteiger partial charge >= 0.3 is 0 Å². The van der Waals surface area contributed by atoms with Crippen LogP contribution in [0.3, 0.4) is 0 Å². The quantitative estimate of drug-likeness (QED) is 0.253. The van der Waals surface area contributed by atoms with Crippen LogP contribution in [0.5, 0.6) is 0 Å². The summed E-state index contributed by atoms with van der Waals surface area (Å²) >= 11 is 0. The molecular formula is C33H35N7O2. The van der Waals surface area contributed by atoms with Gasteiger partial charge in [0.1, 0.15) is 11.9 Å². The molecule has 0 unspecified atom stereocenters. The third kappa shape index (κ3) is 4.92. The molecule has 0 spiro atoms. The second-order valence-corrected chi connectivity index (χ2v) is 11.5. The Morgan fingerprint density at radius 2 is 1.86 bits per heavy atom. The van der Waals surface area contributed by atoms with Gasteiger partial charge in [0.2, 0.25) is 5.82 Å². The number of hydrogen-bond acceptors (Lipinski definition) is 7. The van der Waals surface area contributed by atoms with Crippen LogP contribution in [0.4, 0.5) is 0 Å². The van der Waals surface area contributed by atoms with Crippen LogP contribution in [0, 0.1) is 0 Å². The van der Waals surface area contributed by atoms with Crippen LogP contribution in [-0.4, -0.2) is 47.3 Å². The SMILES string of the molecule is CCCCc1nc2ccc([C@H]3C[C@H]4CC[C@H](C)N4O3)cc2c(=O)n1Cc1ccc(-c2ccccc2-c2nn[nH]n2)cc1. The fourth-order valence-electron chi connectivity index (χ4n) is 6.45. The van der Waals surface area contributed by atoms with Crippen molar-refractivity contribution in [3.63, 3.8) is 0 Å². The van der Waals surface area contributed by atoms with Crippen molar-refractivity contribution in [2.45, 2.75) is 77.1 Å². The maximum atomic E-state index is 14.0. The molecule has 0 radical (unpaired) electrons. The van der Waals surface area contributed by atoms with E-state index < -0.39 is 0 Å². The minimum Gasteiger partial charge on any atom is -0.292 e. The lowest BCUT2D eigenvalue weighted by molar-refractivity contribution is -0.170. The molecule has 42 heavy (non-hydrogen) atoms. The number of nitrogens with one attached hydrogen (secondary N) is 1. The van der Waals surface area contributed by atoms with E-state index in [1.807, 2.05) is 34.9 Å². The highest BCUT2D eigenvalue weighted by Crippen LogP contribution is 2.41. The highest BCUT2D eigenvalue weighted by Gasteiger charge is 2.41. The number of aromatic nitrogens is 6. The first-order valence-corrected chi connectivity index (χ1v) is 15.0. The van der Waals surface area contributed by atoms with Gasteiger partial charge in [0.15, 0.2) is 0 Å². The van der Waals surface area contributed by atoms with Gasteiger partial charge in [-0.1, -0.05) is 67.9 Å². The zero-order valence-electron chi connectivity index (χ0n) is 24.0. The van der Waals surface area contributed by atoms with E-state index in [0.717, 1.165) is 64.8 Å². The van der Waals surface area contributed by atoms with Crippen molar-refractivity contribution < 1.29 is 4.84 Å². The monoisotopic (exact) mass is 561 g/mol. The van der Waals surface area contributed by atoms with Crippen molar-refractivity contribution in [3.8, 4) is 22.5 Å². The fourth-order valence-corrected chi connectivity index (χ4v) is 6.45. The van der Waals surface area contributed by atoms with Crippen LogP contribution >= 0.6 is 0 Å². The number of tetrazole rings is 1. The third-order valence-electron chi connectivity index (χ3n) is 8.75. The molecule has 2 fully saturated rings. The summed E-state index contributed by atoms with van der Waals surface area (Å²) in [7, 11) is 0. The summed E-state index contributed by atoms with van der Waals surface area (Å²) < 4.78 is 1.86. The molecule has 2 aliphatic rings. The van der Waals surface area contributed by atoms with E-state index in [-0.39, 0.29) is 11.7 Å². The van der Waals surface area contributed by atoms with Crippen molar-refractivity contribution in [3.05, 3.63) is 94.0 Å². The molecule has 0 saturated carbocycles. The highest BCUT2D eigenvalue weighted by molar-refractivity contribution is 5.80. The van der Waals surface area contributed by atoms with Gasteiger partial charge in [-0.25, -0.2) is 4.98 Å². The van der Waals surface area contributed by atoms with E-state index in [1.165, 1.54) is 12.8 Å². The number of fused-ring (bicyclic) bond motifs is 2. The van der Waals surface area contributed by atoms with Gasteiger partial charge in [0.25, 0.3) is 5.56 Å². The average Bonchev–Trinajstić information content (AvgIpc) is 3.78. The van der Waals surface area contributed by atoms with Gasteiger partial charge < -0.3 is 0 Å². The molecule has 0 aliphatic carbocycles. The normalized spacial score (nSPS) is 20.4. The van der Waals surface area contributed by atoms with Crippen LogP contribution in [0.1, 0.15) is 69.0 Å². The number of hydroxylamine groups is 2. The highest BCUT2D eigenvalue weighted by atomic mass is 16.7. The molecule has 2 saturated heterocycles. The van der Waals surface area contributed by atoms with Gasteiger partial charge in [0, 0.05) is 24.1 Å². The third-order valence-corrected chi connectivity index (χ3v) is 8.75. The number of hydrogen-bond donors (Lipinski definition) is 1. The lowest BCUT2D eigenvalue weighted by Gasteiger charge is -2.20. The van der Waals surface area contributed by atoms with E-state index >= 15 is 0 Å². The van der Waals surface area contributed by atoms with Crippen molar-refractivity contribution in [2.75, 3.05) is 0 Å². The Balaban J connectivity index is 1.21. The summed E-state index contributed by atoms with van der Waals surface area (Å²) in [6.07, 6.45) is 6.08. The number of benzene rings is 3. The molecule has 9 nitrogen and oxygen atoms in total. The molecule has 4 heterocycles. The Morgan fingerprint density at radius 1 is 1.02 bits per heavy atom. The van der Waals surface area contributed by atoms with E-state index in [2.05, 4.69) is 75.9 Å². The molecule has 214 valence electrons. The van der Waals surface area contributed by atoms with Crippen LogP contribution in [0.25, 0.3) is 33.4 Å². The average molecular weight is 562 g/mol. The van der Waals surface area contributed by atoms with Crippen LogP contribution in [0.15, 0.2) is 71.5 Å². The van der Waals surface area contributed by atoms with Crippen molar-refractivity contribution in [1.82, 2.24) is 35.2 Å². The van der Waals surface area contributed by atoms with E-state index in [4.69, 9.17) is 9.82 Å².